The number of anilines is 1. The summed E-state index contributed by atoms with van der Waals surface area (Å²) in [7, 11) is -1.45. The average Bonchev–Trinajstić information content (AvgIpc) is 2.81. The summed E-state index contributed by atoms with van der Waals surface area (Å²) in [6, 6.07) is 10.7. The highest BCUT2D eigenvalue weighted by Crippen LogP contribution is 2.23. The third-order valence-electron chi connectivity index (χ3n) is 5.60. The first-order valence-electron chi connectivity index (χ1n) is 11.2. The maximum atomic E-state index is 13.6. The minimum Gasteiger partial charge on any atom is -0.352 e. The molecule has 0 heterocycles. The lowest BCUT2D eigenvalue weighted by atomic mass is 10.1. The Morgan fingerprint density at radius 3 is 2.20 bits per heavy atom. The van der Waals surface area contributed by atoms with E-state index in [-0.39, 0.29) is 24.2 Å². The zero-order chi connectivity index (χ0) is 26.3. The number of nitrogens with zero attached hydrogens (tertiary/aromatic N) is 3. The molecule has 0 aliphatic carbocycles. The van der Waals surface area contributed by atoms with Gasteiger partial charge in [0.25, 0.3) is 0 Å². The van der Waals surface area contributed by atoms with E-state index in [1.54, 1.807) is 31.2 Å². The fraction of sp³-hybridized carbons (Fsp3) is 0.417. The third-order valence-corrected chi connectivity index (χ3v) is 7.79. The Morgan fingerprint density at radius 1 is 1.06 bits per heavy atom. The number of nitrogens with one attached hydrogen (secondary N) is 1. The van der Waals surface area contributed by atoms with Crippen molar-refractivity contribution in [2.45, 2.75) is 45.8 Å². The highest BCUT2D eigenvalue weighted by molar-refractivity contribution is 7.90. The molecule has 1 N–H and O–H groups in total. The van der Waals surface area contributed by atoms with Crippen molar-refractivity contribution in [3.8, 4) is 0 Å². The number of amides is 2. The number of hydrogen-bond donors (Lipinski definition) is 1. The van der Waals surface area contributed by atoms with Gasteiger partial charge in [0.1, 0.15) is 18.4 Å². The summed E-state index contributed by atoms with van der Waals surface area (Å²) in [5, 5.41) is 3.27. The molecule has 0 saturated carbocycles. The Balaban J connectivity index is 2.46. The van der Waals surface area contributed by atoms with E-state index < -0.39 is 34.5 Å². The third kappa shape index (κ3) is 7.39. The lowest BCUT2D eigenvalue weighted by molar-refractivity contribution is -0.139. The van der Waals surface area contributed by atoms with Gasteiger partial charge < -0.3 is 10.2 Å². The molecule has 0 bridgehead atoms. The predicted molar refractivity (Wildman–Crippen MR) is 136 cm³/mol. The molecule has 192 valence electrons. The van der Waals surface area contributed by atoms with Crippen molar-refractivity contribution in [2.24, 2.45) is 0 Å². The summed E-state index contributed by atoms with van der Waals surface area (Å²) in [6.07, 6.45) is 0.705. The van der Waals surface area contributed by atoms with Crippen molar-refractivity contribution in [1.82, 2.24) is 14.5 Å². The molecular formula is C24H32ClFN4O4S. The zero-order valence-corrected chi connectivity index (χ0v) is 22.1. The Labute approximate surface area is 211 Å². The van der Waals surface area contributed by atoms with Crippen molar-refractivity contribution < 1.29 is 22.4 Å². The summed E-state index contributed by atoms with van der Waals surface area (Å²) < 4.78 is 41.5. The van der Waals surface area contributed by atoms with E-state index >= 15 is 0 Å². The molecule has 35 heavy (non-hydrogen) atoms. The van der Waals surface area contributed by atoms with E-state index in [4.69, 9.17) is 11.6 Å². The predicted octanol–water partition coefficient (Wildman–Crippen LogP) is 3.42. The number of rotatable bonds is 11. The summed E-state index contributed by atoms with van der Waals surface area (Å²) >= 11 is 6.31. The molecule has 0 aliphatic heterocycles. The second-order valence-electron chi connectivity index (χ2n) is 8.38. The van der Waals surface area contributed by atoms with Gasteiger partial charge in [0.15, 0.2) is 0 Å². The maximum Gasteiger partial charge on any atom is 0.304 e. The Kier molecular flexibility index (Phi) is 10.1. The standard InChI is InChI=1S/C24H32ClFN4O4S/c1-6-17(2)27-24(32)18(3)29(15-19-9-7-8-10-22(19)25)23(31)16-30(35(33,34)28(4)5)21-13-11-20(26)12-14-21/h7-14,17-18H,6,15-16H2,1-5H3,(H,27,32). The van der Waals surface area contributed by atoms with Crippen LogP contribution in [0.3, 0.4) is 0 Å². The smallest absolute Gasteiger partial charge is 0.304 e. The van der Waals surface area contributed by atoms with Gasteiger partial charge >= 0.3 is 10.2 Å². The van der Waals surface area contributed by atoms with Crippen LogP contribution in [0.2, 0.25) is 5.02 Å². The first-order chi connectivity index (χ1) is 16.4. The van der Waals surface area contributed by atoms with Gasteiger partial charge in [-0.15, -0.1) is 0 Å². The maximum absolute atomic E-state index is 13.6. The fourth-order valence-corrected chi connectivity index (χ4v) is 4.43. The quantitative estimate of drug-likeness (QED) is 0.486. The monoisotopic (exact) mass is 526 g/mol. The normalized spacial score (nSPS) is 13.3. The van der Waals surface area contributed by atoms with Crippen molar-refractivity contribution in [3.63, 3.8) is 0 Å². The van der Waals surface area contributed by atoms with Gasteiger partial charge in [0.2, 0.25) is 11.8 Å². The Morgan fingerprint density at radius 2 is 1.66 bits per heavy atom. The molecule has 11 heteroatoms. The topological polar surface area (TPSA) is 90.0 Å². The lowest BCUT2D eigenvalue weighted by Crippen LogP contribution is -2.53. The molecule has 2 rings (SSSR count). The van der Waals surface area contributed by atoms with Crippen LogP contribution in [-0.4, -0.2) is 62.2 Å². The average molecular weight is 527 g/mol. The van der Waals surface area contributed by atoms with Crippen molar-refractivity contribution in [2.75, 3.05) is 24.9 Å². The number of benzene rings is 2. The number of halogens is 2. The minimum absolute atomic E-state index is 0.00707. The van der Waals surface area contributed by atoms with E-state index in [1.807, 2.05) is 13.8 Å². The summed E-state index contributed by atoms with van der Waals surface area (Å²) in [5.74, 6) is -1.53. The van der Waals surface area contributed by atoms with E-state index in [9.17, 15) is 22.4 Å². The van der Waals surface area contributed by atoms with E-state index in [0.717, 1.165) is 20.7 Å². The van der Waals surface area contributed by atoms with Crippen LogP contribution in [0, 0.1) is 5.82 Å². The Hall–Kier alpha value is -2.69. The zero-order valence-electron chi connectivity index (χ0n) is 20.5. The molecule has 8 nitrogen and oxygen atoms in total. The molecule has 0 saturated heterocycles. The second-order valence-corrected chi connectivity index (χ2v) is 10.9. The molecule has 0 spiro atoms. The second kappa shape index (κ2) is 12.3. The van der Waals surface area contributed by atoms with Crippen LogP contribution in [0.25, 0.3) is 0 Å². The van der Waals surface area contributed by atoms with Gasteiger partial charge in [0, 0.05) is 31.7 Å². The van der Waals surface area contributed by atoms with Gasteiger partial charge in [-0.1, -0.05) is 36.7 Å². The molecule has 0 aliphatic rings. The largest absolute Gasteiger partial charge is 0.352 e. The SMILES string of the molecule is CCC(C)NC(=O)C(C)N(Cc1ccccc1Cl)C(=O)CN(c1ccc(F)cc1)S(=O)(=O)N(C)C. The number of carbonyl (C=O) groups excluding carboxylic acids is 2. The molecule has 2 aromatic rings. The van der Waals surface area contributed by atoms with Crippen LogP contribution in [0.1, 0.15) is 32.8 Å². The van der Waals surface area contributed by atoms with Crippen LogP contribution in [0.5, 0.6) is 0 Å². The first kappa shape index (κ1) is 28.5. The molecule has 2 atom stereocenters. The van der Waals surface area contributed by atoms with Crippen LogP contribution in [-0.2, 0) is 26.3 Å². The molecule has 2 amide bonds. The molecule has 2 aromatic carbocycles. The highest BCUT2D eigenvalue weighted by atomic mass is 35.5. The van der Waals surface area contributed by atoms with Crippen LogP contribution >= 0.6 is 11.6 Å². The highest BCUT2D eigenvalue weighted by Gasteiger charge is 2.33. The van der Waals surface area contributed by atoms with E-state index in [2.05, 4.69) is 5.32 Å². The van der Waals surface area contributed by atoms with Gasteiger partial charge in [-0.3, -0.25) is 9.59 Å². The summed E-state index contributed by atoms with van der Waals surface area (Å²) in [4.78, 5) is 27.8. The lowest BCUT2D eigenvalue weighted by Gasteiger charge is -2.33. The van der Waals surface area contributed by atoms with Crippen LogP contribution in [0.4, 0.5) is 10.1 Å². The molecule has 0 fully saturated rings. The summed E-state index contributed by atoms with van der Waals surface area (Å²) in [5.41, 5.74) is 0.720. The van der Waals surface area contributed by atoms with Crippen molar-refractivity contribution >= 4 is 39.3 Å². The van der Waals surface area contributed by atoms with E-state index in [1.165, 1.54) is 31.1 Å². The Bertz CT molecular complexity index is 1130. The van der Waals surface area contributed by atoms with Crippen molar-refractivity contribution in [3.05, 3.63) is 64.9 Å². The van der Waals surface area contributed by atoms with Crippen molar-refractivity contribution in [1.29, 1.82) is 0 Å². The number of hydrogen-bond acceptors (Lipinski definition) is 4. The minimum atomic E-state index is -4.11. The molecule has 2 unspecified atom stereocenters. The van der Waals surface area contributed by atoms with Crippen LogP contribution in [0.15, 0.2) is 48.5 Å². The first-order valence-corrected chi connectivity index (χ1v) is 12.9. The molecule has 0 aromatic heterocycles. The molecule has 0 radical (unpaired) electrons. The molecular weight excluding hydrogens is 495 g/mol. The van der Waals surface area contributed by atoms with Gasteiger partial charge in [-0.25, -0.2) is 8.70 Å². The fourth-order valence-electron chi connectivity index (χ4n) is 3.18. The van der Waals surface area contributed by atoms with Gasteiger partial charge in [-0.05, 0) is 56.2 Å². The van der Waals surface area contributed by atoms with Gasteiger partial charge in [0.05, 0.1) is 5.69 Å². The van der Waals surface area contributed by atoms with Gasteiger partial charge in [-0.2, -0.15) is 12.7 Å². The van der Waals surface area contributed by atoms with E-state index in [0.29, 0.717) is 17.0 Å². The summed E-state index contributed by atoms with van der Waals surface area (Å²) in [6.45, 7) is 4.75. The van der Waals surface area contributed by atoms with Crippen LogP contribution < -0.4 is 9.62 Å². The number of carbonyl (C=O) groups is 2.